The van der Waals surface area contributed by atoms with Crippen LogP contribution in [0, 0.1) is 53.9 Å². The second-order valence-corrected chi connectivity index (χ2v) is 5.35. The van der Waals surface area contributed by atoms with Crippen LogP contribution in [0.5, 0.6) is 0 Å². The zero-order valence-electron chi connectivity index (χ0n) is 12.8. The van der Waals surface area contributed by atoms with Crippen LogP contribution in [0.4, 0.5) is 0 Å². The quantitative estimate of drug-likeness (QED) is 0.358. The molecule has 0 radical (unpaired) electrons. The summed E-state index contributed by atoms with van der Waals surface area (Å²) in [7, 11) is 0. The molecule has 1 saturated heterocycles. The van der Waals surface area contributed by atoms with Crippen molar-refractivity contribution in [2.24, 2.45) is 5.41 Å². The topological polar surface area (TPSA) is 52.6 Å². The standard InChI is InChI=1S/C13H11O4.C5H.Fe/c1-12(2)16-10(14)13(3,11(15)17-12)8-9-6-4-5-7-9;1-2-4-5-3-1;/h8H2,1-3H3;1H;/q2*-5;+2. The summed E-state index contributed by atoms with van der Waals surface area (Å²) < 4.78 is 10.2. The Hall–Kier alpha value is -1.84. The number of ether oxygens (including phenoxy) is 2. The molecule has 4 nitrogen and oxygen atoms in total. The molecule has 2 aromatic rings. The van der Waals surface area contributed by atoms with Gasteiger partial charge in [-0.2, -0.15) is 6.42 Å². The molecule has 0 N–H and O–H groups in total. The molecule has 0 aromatic heterocycles. The molecule has 0 spiro atoms. The van der Waals surface area contributed by atoms with Crippen LogP contribution in [0.15, 0.2) is 6.07 Å². The summed E-state index contributed by atoms with van der Waals surface area (Å²) in [5.41, 5.74) is -0.792. The van der Waals surface area contributed by atoms with E-state index >= 15 is 0 Å². The van der Waals surface area contributed by atoms with Crippen LogP contribution in [0.25, 0.3) is 0 Å². The SMILES string of the molecule is CC1(C)OC(=O)C(C)(C[c-]2[c-][c-][c-][c-]2)C(=O)O1.[Fe+2].[c-]1[c-][c-][cH-][c-]1. The van der Waals surface area contributed by atoms with Gasteiger partial charge in [-0.1, -0.05) is 0 Å². The number of cyclic esters (lactones) is 2. The molecular formula is C18H12FeO4-8. The van der Waals surface area contributed by atoms with Crippen LogP contribution in [-0.2, 0) is 42.6 Å². The molecule has 5 heteroatoms. The maximum atomic E-state index is 11.9. The molecule has 0 amide bonds. The molecule has 0 aliphatic carbocycles. The Labute approximate surface area is 147 Å². The molecule has 124 valence electrons. The summed E-state index contributed by atoms with van der Waals surface area (Å²) in [6, 6.07) is 22.6. The third-order valence-corrected chi connectivity index (χ3v) is 2.95. The molecule has 1 heterocycles. The summed E-state index contributed by atoms with van der Waals surface area (Å²) in [6.45, 7) is 4.52. The second-order valence-electron chi connectivity index (χ2n) is 5.35. The predicted octanol–water partition coefficient (Wildman–Crippen LogP) is 1.59. The summed E-state index contributed by atoms with van der Waals surface area (Å²) >= 11 is 0. The molecule has 1 aliphatic rings. The minimum atomic E-state index is -1.35. The van der Waals surface area contributed by atoms with Crippen LogP contribution in [-0.4, -0.2) is 17.7 Å². The van der Waals surface area contributed by atoms with E-state index in [1.165, 1.54) is 20.8 Å². The molecule has 0 bridgehead atoms. The fourth-order valence-electron chi connectivity index (χ4n) is 1.79. The third kappa shape index (κ3) is 4.81. The number of carbonyl (C=O) groups is 2. The van der Waals surface area contributed by atoms with Gasteiger partial charge >= 0.3 is 29.0 Å². The van der Waals surface area contributed by atoms with Gasteiger partial charge in [0, 0.05) is 13.8 Å². The van der Waals surface area contributed by atoms with E-state index < -0.39 is 23.1 Å². The van der Waals surface area contributed by atoms with Gasteiger partial charge in [0.05, 0.1) is 0 Å². The molecule has 0 saturated carbocycles. The average Bonchev–Trinajstić information content (AvgIpc) is 3.11. The fourth-order valence-corrected chi connectivity index (χ4v) is 1.79. The molecule has 1 fully saturated rings. The fraction of sp³-hybridized carbons (Fsp3) is 0.333. The summed E-state index contributed by atoms with van der Waals surface area (Å²) in [5, 5.41) is 0. The number of hydrogen-bond donors (Lipinski definition) is 0. The van der Waals surface area contributed by atoms with Crippen LogP contribution in [0.2, 0.25) is 0 Å². The number of carbonyl (C=O) groups excluding carboxylic acids is 2. The molecule has 0 atom stereocenters. The van der Waals surface area contributed by atoms with Crippen LogP contribution < -0.4 is 0 Å². The predicted molar refractivity (Wildman–Crippen MR) is 72.8 cm³/mol. The Kier molecular flexibility index (Phi) is 6.36. The van der Waals surface area contributed by atoms with E-state index in [0.29, 0.717) is 5.56 Å². The van der Waals surface area contributed by atoms with E-state index in [1.54, 1.807) is 6.07 Å². The molecular weight excluding hydrogens is 336 g/mol. The van der Waals surface area contributed by atoms with Crippen molar-refractivity contribution in [2.45, 2.75) is 33.0 Å². The summed E-state index contributed by atoms with van der Waals surface area (Å²) in [5.74, 6) is -2.39. The number of rotatable bonds is 2. The van der Waals surface area contributed by atoms with Gasteiger partial charge in [0.2, 0.25) is 0 Å². The molecule has 2 aromatic carbocycles. The Morgan fingerprint density at radius 2 is 1.43 bits per heavy atom. The minimum Gasteiger partial charge on any atom is -0.999 e. The van der Waals surface area contributed by atoms with Gasteiger partial charge in [0.15, 0.2) is 0 Å². The van der Waals surface area contributed by atoms with Crippen molar-refractivity contribution in [1.29, 1.82) is 0 Å². The van der Waals surface area contributed by atoms with Gasteiger partial charge in [-0.15, -0.1) is 0 Å². The van der Waals surface area contributed by atoms with Gasteiger partial charge in [-0.25, -0.2) is 0 Å². The maximum Gasteiger partial charge on any atom is 2.00 e. The average molecular weight is 348 g/mol. The first kappa shape index (κ1) is 19.2. The first-order valence-electron chi connectivity index (χ1n) is 6.51. The molecule has 0 unspecified atom stereocenters. The van der Waals surface area contributed by atoms with Crippen molar-refractivity contribution in [3.8, 4) is 0 Å². The Bertz CT molecular complexity index is 574. The van der Waals surface area contributed by atoms with Gasteiger partial charge < -0.3 is 69.6 Å². The van der Waals surface area contributed by atoms with Crippen LogP contribution >= 0.6 is 0 Å². The van der Waals surface area contributed by atoms with Crippen LogP contribution in [0.3, 0.4) is 0 Å². The van der Waals surface area contributed by atoms with Gasteiger partial charge in [0.25, 0.3) is 5.79 Å². The van der Waals surface area contributed by atoms with E-state index in [2.05, 4.69) is 48.5 Å². The first-order valence-corrected chi connectivity index (χ1v) is 6.51. The monoisotopic (exact) mass is 348 g/mol. The van der Waals surface area contributed by atoms with E-state index in [9.17, 15) is 9.59 Å². The summed E-state index contributed by atoms with van der Waals surface area (Å²) in [6.07, 6.45) is 0.126. The molecule has 3 rings (SSSR count). The van der Waals surface area contributed by atoms with Gasteiger partial charge in [-0.3, -0.25) is 9.59 Å². The smallest absolute Gasteiger partial charge is 0.999 e. The van der Waals surface area contributed by atoms with Crippen molar-refractivity contribution < 1.29 is 36.1 Å². The van der Waals surface area contributed by atoms with Crippen molar-refractivity contribution in [1.82, 2.24) is 0 Å². The van der Waals surface area contributed by atoms with Crippen molar-refractivity contribution in [3.63, 3.8) is 0 Å². The number of hydrogen-bond acceptors (Lipinski definition) is 4. The van der Waals surface area contributed by atoms with Crippen molar-refractivity contribution in [2.75, 3.05) is 0 Å². The van der Waals surface area contributed by atoms with Gasteiger partial charge in [-0.05, 0) is 6.92 Å². The molecule has 1 aliphatic heterocycles. The zero-order chi connectivity index (χ0) is 16.2. The van der Waals surface area contributed by atoms with E-state index in [-0.39, 0.29) is 23.5 Å². The van der Waals surface area contributed by atoms with E-state index in [1.807, 2.05) is 0 Å². The zero-order valence-corrected chi connectivity index (χ0v) is 13.9. The van der Waals surface area contributed by atoms with E-state index in [4.69, 9.17) is 9.47 Å². The van der Waals surface area contributed by atoms with Gasteiger partial charge in [0.1, 0.15) is 5.41 Å². The minimum absolute atomic E-state index is 0. The molecule has 23 heavy (non-hydrogen) atoms. The normalized spacial score (nSPS) is 17.9. The number of esters is 2. The second kappa shape index (κ2) is 7.62. The summed E-state index contributed by atoms with van der Waals surface area (Å²) in [4.78, 5) is 23.8. The Morgan fingerprint density at radius 1 is 0.957 bits per heavy atom. The Balaban J connectivity index is 0.000000377. The van der Waals surface area contributed by atoms with Crippen LogP contribution in [0.1, 0.15) is 26.3 Å². The third-order valence-electron chi connectivity index (χ3n) is 2.95. The maximum absolute atomic E-state index is 11.9. The van der Waals surface area contributed by atoms with E-state index in [0.717, 1.165) is 0 Å². The van der Waals surface area contributed by atoms with Crippen molar-refractivity contribution in [3.05, 3.63) is 60.2 Å². The van der Waals surface area contributed by atoms with Crippen molar-refractivity contribution >= 4 is 11.9 Å². The first-order chi connectivity index (χ1) is 10.3. The Morgan fingerprint density at radius 3 is 1.83 bits per heavy atom. The largest absolute Gasteiger partial charge is 2.00 e.